The summed E-state index contributed by atoms with van der Waals surface area (Å²) < 4.78 is 10.6. The zero-order valence-electron chi connectivity index (χ0n) is 18.1. The van der Waals surface area contributed by atoms with Crippen molar-refractivity contribution < 1.29 is 19.1 Å². The predicted molar refractivity (Wildman–Crippen MR) is 116 cm³/mol. The maximum absolute atomic E-state index is 12.3. The topological polar surface area (TPSA) is 118 Å². The van der Waals surface area contributed by atoms with Gasteiger partial charge in [0, 0.05) is 40.9 Å². The Morgan fingerprint density at radius 2 is 2.13 bits per heavy atom. The van der Waals surface area contributed by atoms with Gasteiger partial charge in [0.15, 0.2) is 22.1 Å². The summed E-state index contributed by atoms with van der Waals surface area (Å²) in [6.07, 6.45) is 4.24. The number of hydrogen-bond acceptors (Lipinski definition) is 6. The van der Waals surface area contributed by atoms with Gasteiger partial charge in [0.2, 0.25) is 11.8 Å². The average Bonchev–Trinajstić information content (AvgIpc) is 3.36. The van der Waals surface area contributed by atoms with Gasteiger partial charge in [-0.2, -0.15) is 5.10 Å². The number of nitrogens with zero attached hydrogens (tertiary/aromatic N) is 2. The monoisotopic (exact) mass is 441 g/mol. The molecule has 31 heavy (non-hydrogen) atoms. The lowest BCUT2D eigenvalue weighted by atomic mass is 10.0. The quantitative estimate of drug-likeness (QED) is 0.542. The lowest BCUT2D eigenvalue weighted by Crippen LogP contribution is -2.36. The molecule has 0 aromatic carbocycles. The molecule has 164 valence electrons. The largest absolute Gasteiger partial charge is 0.481 e. The number of carbonyl (C=O) groups is 2. The molecule has 2 aromatic heterocycles. The van der Waals surface area contributed by atoms with E-state index in [0.29, 0.717) is 11.7 Å². The van der Waals surface area contributed by atoms with E-state index in [2.05, 4.69) is 42.1 Å². The molecule has 2 amide bonds. The molecular formula is C21H28AlN5O4. The average molecular weight is 441 g/mol. The fourth-order valence-corrected chi connectivity index (χ4v) is 4.21. The molecular weight excluding hydrogens is 413 g/mol. The normalized spacial score (nSPS) is 19.1. The highest BCUT2D eigenvalue weighted by Crippen LogP contribution is 2.39. The summed E-state index contributed by atoms with van der Waals surface area (Å²) in [4.78, 5) is 28.0. The van der Waals surface area contributed by atoms with E-state index in [-0.39, 0.29) is 35.2 Å². The molecule has 1 aliphatic rings. The third-order valence-corrected chi connectivity index (χ3v) is 5.95. The molecule has 0 saturated heterocycles. The van der Waals surface area contributed by atoms with Crippen LogP contribution < -0.4 is 15.4 Å². The van der Waals surface area contributed by atoms with E-state index >= 15 is 0 Å². The number of amides is 2. The SMILES string of the molecule is COc1cc(CC(=O)Nc2cc([C@H]3CCC([C@H]([Al])OC(=O)NC(C)C)C3)[nH]n2)ccn1. The van der Waals surface area contributed by atoms with Crippen molar-refractivity contribution in [1.82, 2.24) is 20.5 Å². The van der Waals surface area contributed by atoms with E-state index in [1.165, 1.54) is 7.11 Å². The lowest BCUT2D eigenvalue weighted by Gasteiger charge is -2.22. The van der Waals surface area contributed by atoms with Gasteiger partial charge in [-0.25, -0.2) is 9.78 Å². The van der Waals surface area contributed by atoms with E-state index in [4.69, 9.17) is 9.47 Å². The van der Waals surface area contributed by atoms with Gasteiger partial charge in [-0.15, -0.1) is 0 Å². The van der Waals surface area contributed by atoms with Crippen molar-refractivity contribution in [2.24, 2.45) is 5.92 Å². The number of nitrogens with one attached hydrogen (secondary N) is 3. The molecule has 1 saturated carbocycles. The second-order valence-electron chi connectivity index (χ2n) is 8.08. The summed E-state index contributed by atoms with van der Waals surface area (Å²) in [6, 6.07) is 5.43. The van der Waals surface area contributed by atoms with Gasteiger partial charge in [-0.3, -0.25) is 9.89 Å². The first-order valence-corrected chi connectivity index (χ1v) is 11.1. The molecule has 1 fully saturated rings. The number of ether oxygens (including phenoxy) is 2. The minimum Gasteiger partial charge on any atom is -0.481 e. The van der Waals surface area contributed by atoms with E-state index < -0.39 is 6.09 Å². The van der Waals surface area contributed by atoms with Gasteiger partial charge < -0.3 is 20.1 Å². The molecule has 10 heteroatoms. The van der Waals surface area contributed by atoms with E-state index in [0.717, 1.165) is 30.5 Å². The third kappa shape index (κ3) is 6.71. The van der Waals surface area contributed by atoms with Crippen molar-refractivity contribution in [3.63, 3.8) is 0 Å². The summed E-state index contributed by atoms with van der Waals surface area (Å²) >= 11 is 2.63. The Labute approximate surface area is 190 Å². The first kappa shape index (κ1) is 23.1. The maximum Gasteiger partial charge on any atom is 0.406 e. The number of hydrogen-bond donors (Lipinski definition) is 3. The van der Waals surface area contributed by atoms with Crippen LogP contribution in [0.3, 0.4) is 0 Å². The molecule has 3 N–H and O–H groups in total. The minimum atomic E-state index is -0.392. The second-order valence-corrected chi connectivity index (χ2v) is 8.74. The number of methoxy groups -OCH3 is 1. The van der Waals surface area contributed by atoms with Gasteiger partial charge in [0.05, 0.1) is 13.5 Å². The Balaban J connectivity index is 1.50. The maximum atomic E-state index is 12.3. The van der Waals surface area contributed by atoms with Crippen molar-refractivity contribution in [1.29, 1.82) is 0 Å². The number of aromatic amines is 1. The number of pyridine rings is 1. The van der Waals surface area contributed by atoms with Crippen molar-refractivity contribution in [2.45, 2.75) is 56.5 Å². The van der Waals surface area contributed by atoms with Crippen LogP contribution in [0.5, 0.6) is 5.88 Å². The van der Waals surface area contributed by atoms with Crippen LogP contribution in [0.4, 0.5) is 10.6 Å². The van der Waals surface area contributed by atoms with Crippen LogP contribution in [0.2, 0.25) is 0 Å². The molecule has 0 bridgehead atoms. The van der Waals surface area contributed by atoms with Crippen LogP contribution in [-0.2, 0) is 16.0 Å². The minimum absolute atomic E-state index is 0.0419. The summed E-state index contributed by atoms with van der Waals surface area (Å²) in [7, 11) is 1.54. The molecule has 9 nitrogen and oxygen atoms in total. The number of carbonyl (C=O) groups excluding carboxylic acids is 2. The van der Waals surface area contributed by atoms with Crippen molar-refractivity contribution >= 4 is 34.1 Å². The predicted octanol–water partition coefficient (Wildman–Crippen LogP) is 2.51. The van der Waals surface area contributed by atoms with Crippen LogP contribution in [-0.4, -0.2) is 61.6 Å². The van der Waals surface area contributed by atoms with Crippen molar-refractivity contribution in [2.75, 3.05) is 12.4 Å². The van der Waals surface area contributed by atoms with Crippen LogP contribution in [0.25, 0.3) is 0 Å². The van der Waals surface area contributed by atoms with Gasteiger partial charge in [0.25, 0.3) is 0 Å². The molecule has 1 aliphatic carbocycles. The second kappa shape index (κ2) is 10.6. The van der Waals surface area contributed by atoms with Crippen LogP contribution in [0.1, 0.15) is 50.3 Å². The third-order valence-electron chi connectivity index (χ3n) is 5.27. The van der Waals surface area contributed by atoms with E-state index in [9.17, 15) is 9.59 Å². The highest BCUT2D eigenvalue weighted by atomic mass is 27.0. The highest BCUT2D eigenvalue weighted by Gasteiger charge is 2.31. The molecule has 2 aromatic rings. The standard InChI is InChI=1S/C21H28N5O4.Al/c1-13(2)23-21(28)30-12-15-4-5-16(8-15)17-11-18(26-25-17)24-19(27)9-14-6-7-22-20(10-14)29-3;/h6-7,10-13,15-16H,4-5,8-9H2,1-3H3,(H,23,28)(H2,24,25,26,27);/t15?,16-;/m0./s1. The number of alkyl carbamates (subject to hydrolysis) is 1. The highest BCUT2D eigenvalue weighted by molar-refractivity contribution is 6.11. The first-order chi connectivity index (χ1) is 14.8. The number of H-pyrrole nitrogens is 1. The van der Waals surface area contributed by atoms with Gasteiger partial charge in [-0.1, -0.05) is 0 Å². The zero-order valence-corrected chi connectivity index (χ0v) is 19.2. The fraction of sp³-hybridized carbons (Fsp3) is 0.524. The summed E-state index contributed by atoms with van der Waals surface area (Å²) in [6.45, 7) is 3.79. The summed E-state index contributed by atoms with van der Waals surface area (Å²) in [5, 5.41) is 12.8. The number of anilines is 1. The number of rotatable bonds is 8. The summed E-state index contributed by atoms with van der Waals surface area (Å²) in [5.41, 5.74) is 1.79. The molecule has 0 aliphatic heterocycles. The van der Waals surface area contributed by atoms with Gasteiger partial charge in [-0.05, 0) is 50.7 Å². The molecule has 2 heterocycles. The van der Waals surface area contributed by atoms with Gasteiger partial charge in [0.1, 0.15) is 0 Å². The van der Waals surface area contributed by atoms with E-state index in [1.807, 2.05) is 19.9 Å². The van der Waals surface area contributed by atoms with Gasteiger partial charge >= 0.3 is 6.09 Å². The molecule has 0 spiro atoms. The Bertz CT molecular complexity index is 903. The lowest BCUT2D eigenvalue weighted by molar-refractivity contribution is -0.115. The van der Waals surface area contributed by atoms with Crippen LogP contribution in [0, 0.1) is 5.92 Å². The Morgan fingerprint density at radius 1 is 1.32 bits per heavy atom. The zero-order chi connectivity index (χ0) is 22.4. The molecule has 3 atom stereocenters. The Kier molecular flexibility index (Phi) is 7.93. The molecule has 2 radical (unpaired) electrons. The smallest absolute Gasteiger partial charge is 0.406 e. The number of aromatic nitrogens is 3. The van der Waals surface area contributed by atoms with E-state index in [1.54, 1.807) is 18.3 Å². The van der Waals surface area contributed by atoms with Crippen LogP contribution in [0.15, 0.2) is 24.4 Å². The van der Waals surface area contributed by atoms with Crippen molar-refractivity contribution in [3.8, 4) is 5.88 Å². The first-order valence-electron chi connectivity index (χ1n) is 10.4. The van der Waals surface area contributed by atoms with Crippen LogP contribution >= 0.6 is 0 Å². The Morgan fingerprint density at radius 3 is 2.87 bits per heavy atom. The van der Waals surface area contributed by atoms with Crippen molar-refractivity contribution in [3.05, 3.63) is 35.7 Å². The Hall–Kier alpha value is -2.57. The summed E-state index contributed by atoms with van der Waals surface area (Å²) in [5.74, 6) is 1.36. The molecule has 1 unspecified atom stereocenters. The molecule has 3 rings (SSSR count). The fourth-order valence-electron chi connectivity index (χ4n) is 3.74.